The maximum absolute atomic E-state index is 13.8. The molecule has 132 valence electrons. The molecule has 0 saturated carbocycles. The van der Waals surface area contributed by atoms with Crippen LogP contribution in [0.3, 0.4) is 0 Å². The molecule has 1 heterocycles. The van der Waals surface area contributed by atoms with Crippen LogP contribution in [0.4, 0.5) is 10.1 Å². The van der Waals surface area contributed by atoms with E-state index in [1.54, 1.807) is 24.1 Å². The molecule has 1 aliphatic rings. The van der Waals surface area contributed by atoms with Crippen molar-refractivity contribution < 1.29 is 13.9 Å². The van der Waals surface area contributed by atoms with Crippen molar-refractivity contribution >= 4 is 11.6 Å². The van der Waals surface area contributed by atoms with Crippen molar-refractivity contribution in [1.82, 2.24) is 4.90 Å². The Morgan fingerprint density at radius 1 is 1.32 bits per heavy atom. The zero-order chi connectivity index (χ0) is 18.0. The van der Waals surface area contributed by atoms with Gasteiger partial charge in [-0.3, -0.25) is 4.79 Å². The lowest BCUT2D eigenvalue weighted by molar-refractivity contribution is -0.129. The smallest absolute Gasteiger partial charge is 0.242 e. The van der Waals surface area contributed by atoms with E-state index < -0.39 is 5.82 Å². The Balaban J connectivity index is 1.66. The second-order valence-corrected chi connectivity index (χ2v) is 6.53. The van der Waals surface area contributed by atoms with E-state index >= 15 is 0 Å². The molecule has 3 rings (SSSR count). The van der Waals surface area contributed by atoms with Crippen LogP contribution in [0.5, 0.6) is 5.75 Å². The van der Waals surface area contributed by atoms with E-state index in [4.69, 9.17) is 4.74 Å². The highest BCUT2D eigenvalue weighted by atomic mass is 19.1. The number of halogens is 1. The van der Waals surface area contributed by atoms with Crippen molar-refractivity contribution in [3.05, 3.63) is 59.4 Å². The molecule has 25 heavy (non-hydrogen) atoms. The second-order valence-electron chi connectivity index (χ2n) is 6.53. The standard InChI is InChI=1S/C20H23FN2O2/c1-14-10-16-6-4-5-7-18(16)23(14)13-20(24)22(2)12-15-8-9-19(25-3)17(21)11-15/h4-9,11,14H,10,12-13H2,1-3H3/t14-/m0/s1. The van der Waals surface area contributed by atoms with E-state index in [0.29, 0.717) is 19.1 Å². The van der Waals surface area contributed by atoms with Crippen molar-refractivity contribution in [2.45, 2.75) is 25.9 Å². The molecule has 0 aromatic heterocycles. The van der Waals surface area contributed by atoms with Crippen molar-refractivity contribution in [1.29, 1.82) is 0 Å². The summed E-state index contributed by atoms with van der Waals surface area (Å²) in [5.74, 6) is -0.192. The molecule has 2 aromatic rings. The van der Waals surface area contributed by atoms with Gasteiger partial charge in [0.15, 0.2) is 11.6 Å². The molecule has 0 fully saturated rings. The van der Waals surface area contributed by atoms with Gasteiger partial charge in [-0.1, -0.05) is 24.3 Å². The molecular weight excluding hydrogens is 319 g/mol. The Kier molecular flexibility index (Phi) is 4.93. The number of carbonyl (C=O) groups excluding carboxylic acids is 1. The van der Waals surface area contributed by atoms with E-state index in [0.717, 1.165) is 17.7 Å². The molecule has 1 aliphatic heterocycles. The maximum Gasteiger partial charge on any atom is 0.242 e. The molecular formula is C20H23FN2O2. The van der Waals surface area contributed by atoms with Gasteiger partial charge in [0.05, 0.1) is 13.7 Å². The molecule has 0 unspecified atom stereocenters. The maximum atomic E-state index is 13.8. The summed E-state index contributed by atoms with van der Waals surface area (Å²) in [6, 6.07) is 13.3. The van der Waals surface area contributed by atoms with Gasteiger partial charge >= 0.3 is 0 Å². The molecule has 5 heteroatoms. The molecule has 4 nitrogen and oxygen atoms in total. The number of para-hydroxylation sites is 1. The highest BCUT2D eigenvalue weighted by molar-refractivity contribution is 5.82. The average molecular weight is 342 g/mol. The topological polar surface area (TPSA) is 32.8 Å². The fourth-order valence-corrected chi connectivity index (χ4v) is 3.31. The third-order valence-corrected chi connectivity index (χ3v) is 4.72. The van der Waals surface area contributed by atoms with E-state index in [1.807, 2.05) is 12.1 Å². The van der Waals surface area contributed by atoms with Gasteiger partial charge in [-0.2, -0.15) is 0 Å². The van der Waals surface area contributed by atoms with Gasteiger partial charge in [-0.25, -0.2) is 4.39 Å². The zero-order valence-electron chi connectivity index (χ0n) is 14.8. The number of nitrogens with zero attached hydrogens (tertiary/aromatic N) is 2. The number of likely N-dealkylation sites (N-methyl/N-ethyl adjacent to an activating group) is 1. The summed E-state index contributed by atoms with van der Waals surface area (Å²) in [5.41, 5.74) is 3.15. The van der Waals surface area contributed by atoms with Crippen molar-refractivity contribution in [3.63, 3.8) is 0 Å². The molecule has 0 radical (unpaired) electrons. The molecule has 1 atom stereocenters. The van der Waals surface area contributed by atoms with Crippen LogP contribution in [0, 0.1) is 5.82 Å². The minimum absolute atomic E-state index is 0.0137. The molecule has 2 aromatic carbocycles. The SMILES string of the molecule is COc1ccc(CN(C)C(=O)CN2c3ccccc3C[C@@H]2C)cc1F. The number of carbonyl (C=O) groups is 1. The Labute approximate surface area is 147 Å². The van der Waals surface area contributed by atoms with E-state index in [9.17, 15) is 9.18 Å². The van der Waals surface area contributed by atoms with Crippen LogP contribution in [-0.4, -0.2) is 37.6 Å². The lowest BCUT2D eigenvalue weighted by atomic mass is 10.1. The van der Waals surface area contributed by atoms with Gasteiger partial charge in [-0.05, 0) is 42.7 Å². The number of hydrogen-bond donors (Lipinski definition) is 0. The lowest BCUT2D eigenvalue weighted by Crippen LogP contribution is -2.40. The van der Waals surface area contributed by atoms with Crippen LogP contribution in [0.15, 0.2) is 42.5 Å². The number of ether oxygens (including phenoxy) is 1. The molecule has 0 N–H and O–H groups in total. The highest BCUT2D eigenvalue weighted by Crippen LogP contribution is 2.31. The average Bonchev–Trinajstić information content (AvgIpc) is 2.90. The van der Waals surface area contributed by atoms with Crippen LogP contribution in [-0.2, 0) is 17.8 Å². The van der Waals surface area contributed by atoms with Gasteiger partial charge < -0.3 is 14.5 Å². The fraction of sp³-hybridized carbons (Fsp3) is 0.350. The number of amides is 1. The van der Waals surface area contributed by atoms with Crippen LogP contribution in [0.1, 0.15) is 18.1 Å². The van der Waals surface area contributed by atoms with Gasteiger partial charge in [0.2, 0.25) is 5.91 Å². The van der Waals surface area contributed by atoms with Crippen molar-refractivity contribution in [2.24, 2.45) is 0 Å². The predicted octanol–water partition coefficient (Wildman–Crippen LogP) is 3.24. The van der Waals surface area contributed by atoms with Gasteiger partial charge in [0.1, 0.15) is 0 Å². The number of benzene rings is 2. The first-order chi connectivity index (χ1) is 12.0. The molecule has 0 aliphatic carbocycles. The summed E-state index contributed by atoms with van der Waals surface area (Å²) in [5, 5.41) is 0. The number of methoxy groups -OCH3 is 1. The van der Waals surface area contributed by atoms with E-state index in [-0.39, 0.29) is 11.7 Å². The van der Waals surface area contributed by atoms with Gasteiger partial charge in [0, 0.05) is 25.3 Å². The number of rotatable bonds is 5. The quantitative estimate of drug-likeness (QED) is 0.836. The summed E-state index contributed by atoms with van der Waals surface area (Å²) in [4.78, 5) is 16.4. The van der Waals surface area contributed by atoms with Crippen LogP contribution in [0.25, 0.3) is 0 Å². The first-order valence-corrected chi connectivity index (χ1v) is 8.40. The van der Waals surface area contributed by atoms with Crippen molar-refractivity contribution in [2.75, 3.05) is 25.6 Å². The number of fused-ring (bicyclic) bond motifs is 1. The summed E-state index contributed by atoms with van der Waals surface area (Å²) in [6.07, 6.45) is 0.955. The monoisotopic (exact) mass is 342 g/mol. The Morgan fingerprint density at radius 3 is 2.80 bits per heavy atom. The highest BCUT2D eigenvalue weighted by Gasteiger charge is 2.27. The van der Waals surface area contributed by atoms with E-state index in [2.05, 4.69) is 24.0 Å². The number of hydrogen-bond acceptors (Lipinski definition) is 3. The Morgan fingerprint density at radius 2 is 2.08 bits per heavy atom. The molecule has 0 bridgehead atoms. The molecule has 1 amide bonds. The van der Waals surface area contributed by atoms with Crippen molar-refractivity contribution in [3.8, 4) is 5.75 Å². The summed E-state index contributed by atoms with van der Waals surface area (Å²) in [7, 11) is 3.18. The third kappa shape index (κ3) is 3.60. The number of anilines is 1. The minimum Gasteiger partial charge on any atom is -0.494 e. The summed E-state index contributed by atoms with van der Waals surface area (Å²) >= 11 is 0. The van der Waals surface area contributed by atoms with E-state index in [1.165, 1.54) is 18.7 Å². The van der Waals surface area contributed by atoms with Crippen LogP contribution in [0.2, 0.25) is 0 Å². The van der Waals surface area contributed by atoms with Gasteiger partial charge in [0.25, 0.3) is 0 Å². The summed E-state index contributed by atoms with van der Waals surface area (Å²) < 4.78 is 18.7. The first kappa shape index (κ1) is 17.3. The Bertz CT molecular complexity index is 778. The molecule has 0 saturated heterocycles. The predicted molar refractivity (Wildman–Crippen MR) is 96.4 cm³/mol. The lowest BCUT2D eigenvalue weighted by Gasteiger charge is -2.27. The van der Waals surface area contributed by atoms with Crippen LogP contribution >= 0.6 is 0 Å². The zero-order valence-corrected chi connectivity index (χ0v) is 14.8. The Hall–Kier alpha value is -2.56. The second kappa shape index (κ2) is 7.13. The first-order valence-electron chi connectivity index (χ1n) is 8.40. The summed E-state index contributed by atoms with van der Waals surface area (Å²) in [6.45, 7) is 2.82. The van der Waals surface area contributed by atoms with Gasteiger partial charge in [-0.15, -0.1) is 0 Å². The van der Waals surface area contributed by atoms with Crippen LogP contribution < -0.4 is 9.64 Å². The largest absolute Gasteiger partial charge is 0.494 e. The normalized spacial score (nSPS) is 15.8. The minimum atomic E-state index is -0.414. The third-order valence-electron chi connectivity index (χ3n) is 4.72. The molecule has 0 spiro atoms. The fourth-order valence-electron chi connectivity index (χ4n) is 3.31.